The van der Waals surface area contributed by atoms with Gasteiger partial charge in [0.15, 0.2) is 28.1 Å². The predicted octanol–water partition coefficient (Wildman–Crippen LogP) is 5.08. The topological polar surface area (TPSA) is 113 Å². The molecule has 0 radical (unpaired) electrons. The molecule has 5 rings (SSSR count). The summed E-state index contributed by atoms with van der Waals surface area (Å²) in [6.45, 7) is 4.04. The maximum atomic E-state index is 13.3. The number of aryl methyl sites for hydroxylation is 1. The Kier molecular flexibility index (Phi) is 5.33. The number of hydrogen-bond donors (Lipinski definition) is 2. The summed E-state index contributed by atoms with van der Waals surface area (Å²) in [4.78, 5) is 32.5. The number of fused-ring (bicyclic) bond motifs is 1. The normalized spacial score (nSPS) is 16.0. The smallest absolute Gasteiger partial charge is 0.296 e. The zero-order chi connectivity index (χ0) is 24.0. The fourth-order valence-corrected chi connectivity index (χ4v) is 5.08. The summed E-state index contributed by atoms with van der Waals surface area (Å²) in [5, 5.41) is 21.4. The summed E-state index contributed by atoms with van der Waals surface area (Å²) in [7, 11) is 0. The van der Waals surface area contributed by atoms with Gasteiger partial charge < -0.3 is 19.4 Å². The number of ether oxygens (including phenoxy) is 1. The monoisotopic (exact) mass is 476 g/mol. The molecule has 4 aromatic rings. The number of nitrogens with zero attached hydrogens (tertiary/aromatic N) is 2. The minimum atomic E-state index is -1.01. The van der Waals surface area contributed by atoms with Gasteiger partial charge >= 0.3 is 0 Å². The van der Waals surface area contributed by atoms with Gasteiger partial charge in [-0.25, -0.2) is 4.98 Å². The quantitative estimate of drug-likeness (QED) is 0.373. The van der Waals surface area contributed by atoms with Crippen LogP contribution in [0.15, 0.2) is 70.5 Å². The zero-order valence-corrected chi connectivity index (χ0v) is 19.1. The van der Waals surface area contributed by atoms with Crippen LogP contribution in [0, 0.1) is 6.92 Å². The predicted molar refractivity (Wildman–Crippen MR) is 127 cm³/mol. The second-order valence-corrected chi connectivity index (χ2v) is 8.78. The number of Topliss-reactive ketones (excluding diaryl/α,β-unsaturated/α-hetero) is 1. The lowest BCUT2D eigenvalue weighted by Gasteiger charge is -2.24. The fourth-order valence-electron chi connectivity index (χ4n) is 3.99. The summed E-state index contributed by atoms with van der Waals surface area (Å²) in [6.07, 6.45) is 1.35. The first kappa shape index (κ1) is 21.7. The van der Waals surface area contributed by atoms with E-state index in [0.717, 1.165) is 10.3 Å². The van der Waals surface area contributed by atoms with E-state index in [-0.39, 0.29) is 22.8 Å². The third kappa shape index (κ3) is 3.50. The number of phenolic OH excluding ortho intramolecular Hbond substituents is 1. The van der Waals surface area contributed by atoms with Crippen LogP contribution in [0.25, 0.3) is 10.2 Å². The molecule has 34 heavy (non-hydrogen) atoms. The van der Waals surface area contributed by atoms with Crippen molar-refractivity contribution in [2.24, 2.45) is 0 Å². The molecule has 1 aliphatic rings. The molecule has 0 saturated heterocycles. The molecule has 2 aromatic heterocycles. The SMILES string of the molecule is CCOc1cc(C2C(C(=O)c3ccco3)=C(O)C(=O)N2c2nc3ccc(C)cc3s2)ccc1O. The first-order chi connectivity index (χ1) is 16.4. The molecule has 1 atom stereocenters. The Bertz CT molecular complexity index is 1450. The average molecular weight is 477 g/mol. The van der Waals surface area contributed by atoms with Crippen molar-refractivity contribution in [2.75, 3.05) is 11.5 Å². The van der Waals surface area contributed by atoms with Crippen LogP contribution in [0.4, 0.5) is 5.13 Å². The second kappa shape index (κ2) is 8.35. The van der Waals surface area contributed by atoms with Crippen molar-refractivity contribution in [3.05, 3.63) is 83.0 Å². The standard InChI is InChI=1S/C25H20N2O6S/c1-3-32-18-12-14(7-9-16(18)28)21-20(22(29)17-5-4-10-33-17)23(30)24(31)27(21)25-26-15-8-6-13(2)11-19(15)34-25/h4-12,21,28,30H,3H2,1-2H3. The number of carbonyl (C=O) groups is 2. The van der Waals surface area contributed by atoms with Crippen LogP contribution in [0.2, 0.25) is 0 Å². The number of aromatic hydroxyl groups is 1. The molecule has 1 amide bonds. The number of rotatable bonds is 6. The highest BCUT2D eigenvalue weighted by molar-refractivity contribution is 7.22. The minimum Gasteiger partial charge on any atom is -0.504 e. The summed E-state index contributed by atoms with van der Waals surface area (Å²) in [5.74, 6) is -1.93. The number of aromatic nitrogens is 1. The van der Waals surface area contributed by atoms with Gasteiger partial charge in [0.25, 0.3) is 5.91 Å². The van der Waals surface area contributed by atoms with E-state index in [0.29, 0.717) is 22.8 Å². The summed E-state index contributed by atoms with van der Waals surface area (Å²) in [5.41, 5.74) is 2.07. The van der Waals surface area contributed by atoms with Crippen LogP contribution in [-0.4, -0.2) is 33.5 Å². The number of carbonyl (C=O) groups excluding carboxylic acids is 2. The number of amides is 1. The van der Waals surface area contributed by atoms with Crippen LogP contribution in [0.5, 0.6) is 11.5 Å². The van der Waals surface area contributed by atoms with Crippen LogP contribution >= 0.6 is 11.3 Å². The van der Waals surface area contributed by atoms with Crippen molar-refractivity contribution >= 4 is 38.4 Å². The molecule has 1 aliphatic heterocycles. The van der Waals surface area contributed by atoms with Crippen LogP contribution < -0.4 is 9.64 Å². The highest BCUT2D eigenvalue weighted by atomic mass is 32.1. The van der Waals surface area contributed by atoms with Crippen molar-refractivity contribution in [3.63, 3.8) is 0 Å². The summed E-state index contributed by atoms with van der Waals surface area (Å²) in [6, 6.07) is 12.3. The number of furan rings is 1. The van der Waals surface area contributed by atoms with Gasteiger partial charge in [-0.15, -0.1) is 0 Å². The van der Waals surface area contributed by atoms with Gasteiger partial charge in [0.2, 0.25) is 5.78 Å². The lowest BCUT2D eigenvalue weighted by atomic mass is 9.95. The Morgan fingerprint density at radius 2 is 2.03 bits per heavy atom. The van der Waals surface area contributed by atoms with Gasteiger partial charge in [-0.3, -0.25) is 14.5 Å². The number of thiazole rings is 1. The first-order valence-electron chi connectivity index (χ1n) is 10.6. The number of hydrogen-bond acceptors (Lipinski definition) is 8. The zero-order valence-electron chi connectivity index (χ0n) is 18.3. The van der Waals surface area contributed by atoms with Gasteiger partial charge in [-0.1, -0.05) is 23.5 Å². The van der Waals surface area contributed by atoms with E-state index in [4.69, 9.17) is 9.15 Å². The van der Waals surface area contributed by atoms with Crippen LogP contribution in [0.3, 0.4) is 0 Å². The molecule has 172 valence electrons. The molecule has 0 spiro atoms. The van der Waals surface area contributed by atoms with Gasteiger partial charge in [0.1, 0.15) is 0 Å². The molecule has 0 bridgehead atoms. The van der Waals surface area contributed by atoms with Crippen LogP contribution in [0.1, 0.15) is 34.6 Å². The van der Waals surface area contributed by atoms with E-state index in [1.807, 2.05) is 25.1 Å². The Hall–Kier alpha value is -4.11. The van der Waals surface area contributed by atoms with Crippen molar-refractivity contribution < 1.29 is 29.0 Å². The Balaban J connectivity index is 1.69. The lowest BCUT2D eigenvalue weighted by molar-refractivity contribution is -0.117. The third-order valence-corrected chi connectivity index (χ3v) is 6.55. The van der Waals surface area contributed by atoms with E-state index in [9.17, 15) is 19.8 Å². The van der Waals surface area contributed by atoms with E-state index in [1.54, 1.807) is 25.1 Å². The molecule has 0 fully saturated rings. The number of anilines is 1. The number of benzene rings is 2. The Labute approximate surface area is 198 Å². The van der Waals surface area contributed by atoms with Crippen molar-refractivity contribution in [1.29, 1.82) is 0 Å². The minimum absolute atomic E-state index is 0.00932. The molecule has 1 unspecified atom stereocenters. The second-order valence-electron chi connectivity index (χ2n) is 7.77. The average Bonchev–Trinajstić information content (AvgIpc) is 3.54. The van der Waals surface area contributed by atoms with E-state index in [1.165, 1.54) is 34.6 Å². The summed E-state index contributed by atoms with van der Waals surface area (Å²) < 4.78 is 11.6. The number of phenols is 1. The van der Waals surface area contributed by atoms with Crippen molar-refractivity contribution in [2.45, 2.75) is 19.9 Å². The molecular weight excluding hydrogens is 456 g/mol. The Morgan fingerprint density at radius 1 is 1.21 bits per heavy atom. The fraction of sp³-hybridized carbons (Fsp3) is 0.160. The van der Waals surface area contributed by atoms with Crippen LogP contribution in [-0.2, 0) is 4.79 Å². The summed E-state index contributed by atoms with van der Waals surface area (Å²) >= 11 is 1.28. The van der Waals surface area contributed by atoms with Gasteiger partial charge in [-0.05, 0) is 61.4 Å². The van der Waals surface area contributed by atoms with Crippen molar-refractivity contribution in [1.82, 2.24) is 4.98 Å². The highest BCUT2D eigenvalue weighted by Crippen LogP contribution is 2.45. The van der Waals surface area contributed by atoms with E-state index >= 15 is 0 Å². The molecule has 8 nitrogen and oxygen atoms in total. The maximum Gasteiger partial charge on any atom is 0.296 e. The largest absolute Gasteiger partial charge is 0.504 e. The molecule has 0 aliphatic carbocycles. The third-order valence-electron chi connectivity index (χ3n) is 5.54. The highest BCUT2D eigenvalue weighted by Gasteiger charge is 2.46. The lowest BCUT2D eigenvalue weighted by Crippen LogP contribution is -2.31. The number of ketones is 1. The molecule has 2 N–H and O–H groups in total. The number of aliphatic hydroxyl groups excluding tert-OH is 1. The van der Waals surface area contributed by atoms with Gasteiger partial charge in [0, 0.05) is 0 Å². The molecule has 2 aromatic carbocycles. The molecule has 9 heteroatoms. The van der Waals surface area contributed by atoms with E-state index in [2.05, 4.69) is 4.98 Å². The molecule has 3 heterocycles. The Morgan fingerprint density at radius 3 is 2.76 bits per heavy atom. The molecular formula is C25H20N2O6S. The molecule has 0 saturated carbocycles. The maximum absolute atomic E-state index is 13.3. The first-order valence-corrected chi connectivity index (χ1v) is 11.4. The van der Waals surface area contributed by atoms with Crippen molar-refractivity contribution in [3.8, 4) is 11.5 Å². The van der Waals surface area contributed by atoms with E-state index < -0.39 is 23.5 Å². The number of aliphatic hydroxyl groups is 1. The van der Waals surface area contributed by atoms with Gasteiger partial charge in [0.05, 0.1) is 34.7 Å². The van der Waals surface area contributed by atoms with Gasteiger partial charge in [-0.2, -0.15) is 0 Å².